The van der Waals surface area contributed by atoms with E-state index < -0.39 is 17.8 Å². The number of carbonyl (C=O) groups is 3. The first-order chi connectivity index (χ1) is 10.6. The van der Waals surface area contributed by atoms with Crippen LogP contribution in [0.15, 0.2) is 42.5 Å². The smallest absolute Gasteiger partial charge is 0.303 e. The molecule has 1 aromatic carbocycles. The third-order valence-electron chi connectivity index (χ3n) is 3.24. The van der Waals surface area contributed by atoms with Crippen LogP contribution >= 0.6 is 0 Å². The van der Waals surface area contributed by atoms with E-state index in [0.717, 1.165) is 4.90 Å². The Bertz CT molecular complexity index is 750. The highest BCUT2D eigenvalue weighted by Gasteiger charge is 2.37. The summed E-state index contributed by atoms with van der Waals surface area (Å²) in [4.78, 5) is 40.8. The van der Waals surface area contributed by atoms with Gasteiger partial charge < -0.3 is 4.74 Å². The molecule has 0 aliphatic carbocycles. The molecule has 0 radical (unpaired) electrons. The summed E-state index contributed by atoms with van der Waals surface area (Å²) in [5.41, 5.74) is 1.18. The van der Waals surface area contributed by atoms with Crippen LogP contribution in [0.3, 0.4) is 0 Å². The number of esters is 1. The predicted molar refractivity (Wildman–Crippen MR) is 77.3 cm³/mol. The summed E-state index contributed by atoms with van der Waals surface area (Å²) in [6.07, 6.45) is 0. The lowest BCUT2D eigenvalue weighted by Crippen LogP contribution is -2.30. The number of amides is 2. The zero-order chi connectivity index (χ0) is 15.7. The summed E-state index contributed by atoms with van der Waals surface area (Å²) < 4.78 is 4.87. The van der Waals surface area contributed by atoms with E-state index in [4.69, 9.17) is 4.74 Å². The molecule has 110 valence electrons. The molecule has 6 heteroatoms. The van der Waals surface area contributed by atoms with Gasteiger partial charge in [-0.3, -0.25) is 14.4 Å². The zero-order valence-corrected chi connectivity index (χ0v) is 11.8. The molecule has 6 nitrogen and oxygen atoms in total. The Hall–Kier alpha value is -3.02. The minimum atomic E-state index is -0.423. The van der Waals surface area contributed by atoms with Gasteiger partial charge in [-0.25, -0.2) is 9.88 Å². The van der Waals surface area contributed by atoms with Gasteiger partial charge in [0.25, 0.3) is 11.8 Å². The molecule has 1 aromatic heterocycles. The van der Waals surface area contributed by atoms with Crippen LogP contribution in [0.2, 0.25) is 0 Å². The van der Waals surface area contributed by atoms with Crippen LogP contribution in [0.5, 0.6) is 0 Å². The molecular weight excluding hydrogens is 284 g/mol. The number of carbonyl (C=O) groups excluding carboxylic acids is 3. The molecule has 0 saturated carbocycles. The van der Waals surface area contributed by atoms with E-state index in [1.54, 1.807) is 42.5 Å². The van der Waals surface area contributed by atoms with Crippen molar-refractivity contribution in [3.8, 4) is 0 Å². The highest BCUT2D eigenvalue weighted by molar-refractivity contribution is 6.34. The Labute approximate surface area is 126 Å². The largest absolute Gasteiger partial charge is 0.459 e. The molecule has 1 aliphatic rings. The highest BCUT2D eigenvalue weighted by atomic mass is 16.5. The highest BCUT2D eigenvalue weighted by Crippen LogP contribution is 2.27. The number of benzene rings is 1. The van der Waals surface area contributed by atoms with Crippen molar-refractivity contribution in [1.82, 2.24) is 4.98 Å². The lowest BCUT2D eigenvalue weighted by atomic mass is 10.1. The van der Waals surface area contributed by atoms with Gasteiger partial charge in [0.1, 0.15) is 12.4 Å². The third-order valence-corrected chi connectivity index (χ3v) is 3.24. The molecule has 0 bridgehead atoms. The first kappa shape index (κ1) is 13.9. The fraction of sp³-hybridized carbons (Fsp3) is 0.125. The van der Waals surface area contributed by atoms with Crippen LogP contribution in [-0.2, 0) is 16.1 Å². The van der Waals surface area contributed by atoms with E-state index in [1.807, 2.05) is 0 Å². The fourth-order valence-electron chi connectivity index (χ4n) is 2.24. The number of nitrogens with zero attached hydrogens (tertiary/aromatic N) is 2. The molecule has 1 aliphatic heterocycles. The summed E-state index contributed by atoms with van der Waals surface area (Å²) >= 11 is 0. The normalized spacial score (nSPS) is 13.2. The van der Waals surface area contributed by atoms with Crippen molar-refractivity contribution in [2.75, 3.05) is 4.90 Å². The SMILES string of the molecule is CC(=O)OCc1cccc(N2C(=O)c3ccccc3C2=O)n1. The second-order valence-corrected chi connectivity index (χ2v) is 4.76. The van der Waals surface area contributed by atoms with Gasteiger partial charge in [0.15, 0.2) is 0 Å². The van der Waals surface area contributed by atoms with Gasteiger partial charge in [0.2, 0.25) is 0 Å². The van der Waals surface area contributed by atoms with Gasteiger partial charge in [-0.1, -0.05) is 18.2 Å². The van der Waals surface area contributed by atoms with Gasteiger partial charge in [-0.05, 0) is 24.3 Å². The van der Waals surface area contributed by atoms with Crippen LogP contribution in [0.4, 0.5) is 5.82 Å². The lowest BCUT2D eigenvalue weighted by molar-refractivity contribution is -0.142. The van der Waals surface area contributed by atoms with Crippen LogP contribution in [0, 0.1) is 0 Å². The molecule has 0 fully saturated rings. The average molecular weight is 296 g/mol. The molecule has 2 amide bonds. The predicted octanol–water partition coefficient (Wildman–Crippen LogP) is 1.95. The van der Waals surface area contributed by atoms with E-state index in [-0.39, 0.29) is 12.4 Å². The van der Waals surface area contributed by atoms with Crippen molar-refractivity contribution in [3.05, 3.63) is 59.3 Å². The monoisotopic (exact) mass is 296 g/mol. The number of hydrogen-bond donors (Lipinski definition) is 0. The molecular formula is C16H12N2O4. The topological polar surface area (TPSA) is 76.6 Å². The Balaban J connectivity index is 1.92. The number of aromatic nitrogens is 1. The van der Waals surface area contributed by atoms with Crippen LogP contribution in [0.1, 0.15) is 33.3 Å². The summed E-state index contributed by atoms with van der Waals surface area (Å²) in [5.74, 6) is -1.01. The van der Waals surface area contributed by atoms with E-state index in [0.29, 0.717) is 16.8 Å². The molecule has 0 unspecified atom stereocenters. The van der Waals surface area contributed by atoms with Gasteiger partial charge >= 0.3 is 5.97 Å². The van der Waals surface area contributed by atoms with Gasteiger partial charge in [0.05, 0.1) is 16.8 Å². The number of hydrogen-bond acceptors (Lipinski definition) is 5. The van der Waals surface area contributed by atoms with Gasteiger partial charge in [0, 0.05) is 6.92 Å². The molecule has 0 N–H and O–H groups in total. The van der Waals surface area contributed by atoms with E-state index in [2.05, 4.69) is 4.98 Å². The molecule has 0 spiro atoms. The van der Waals surface area contributed by atoms with E-state index in [9.17, 15) is 14.4 Å². The first-order valence-electron chi connectivity index (χ1n) is 6.65. The van der Waals surface area contributed by atoms with Crippen LogP contribution in [-0.4, -0.2) is 22.8 Å². The molecule has 3 rings (SSSR count). The van der Waals surface area contributed by atoms with Crippen molar-refractivity contribution in [2.24, 2.45) is 0 Å². The summed E-state index contributed by atoms with van der Waals surface area (Å²) in [7, 11) is 0. The molecule has 0 atom stereocenters. The molecule has 0 saturated heterocycles. The van der Waals surface area contributed by atoms with Crippen molar-refractivity contribution in [1.29, 1.82) is 0 Å². The van der Waals surface area contributed by atoms with Crippen LogP contribution in [0.25, 0.3) is 0 Å². The second kappa shape index (κ2) is 5.40. The Morgan fingerprint density at radius 2 is 1.68 bits per heavy atom. The number of rotatable bonds is 3. The maximum Gasteiger partial charge on any atom is 0.303 e. The molecule has 2 heterocycles. The lowest BCUT2D eigenvalue weighted by Gasteiger charge is -2.13. The molecule has 2 aromatic rings. The Morgan fingerprint density at radius 3 is 2.27 bits per heavy atom. The van der Waals surface area contributed by atoms with Crippen LogP contribution < -0.4 is 4.90 Å². The fourth-order valence-corrected chi connectivity index (χ4v) is 2.24. The number of anilines is 1. The van der Waals surface area contributed by atoms with Gasteiger partial charge in [-0.2, -0.15) is 0 Å². The van der Waals surface area contributed by atoms with Crippen molar-refractivity contribution in [3.63, 3.8) is 0 Å². The van der Waals surface area contributed by atoms with Crippen molar-refractivity contribution in [2.45, 2.75) is 13.5 Å². The zero-order valence-electron chi connectivity index (χ0n) is 11.8. The number of fused-ring (bicyclic) bond motifs is 1. The quantitative estimate of drug-likeness (QED) is 0.639. The average Bonchev–Trinajstić information content (AvgIpc) is 2.78. The second-order valence-electron chi connectivity index (χ2n) is 4.76. The number of imide groups is 1. The maximum absolute atomic E-state index is 12.4. The Kier molecular flexibility index (Phi) is 3.42. The molecule has 22 heavy (non-hydrogen) atoms. The minimum absolute atomic E-state index is 0.00760. The number of ether oxygens (including phenoxy) is 1. The van der Waals surface area contributed by atoms with E-state index >= 15 is 0 Å². The maximum atomic E-state index is 12.4. The van der Waals surface area contributed by atoms with Gasteiger partial charge in [-0.15, -0.1) is 0 Å². The minimum Gasteiger partial charge on any atom is -0.459 e. The van der Waals surface area contributed by atoms with Crippen molar-refractivity contribution >= 4 is 23.6 Å². The van der Waals surface area contributed by atoms with E-state index in [1.165, 1.54) is 6.92 Å². The Morgan fingerprint density at radius 1 is 1.05 bits per heavy atom. The first-order valence-corrected chi connectivity index (χ1v) is 6.65. The summed E-state index contributed by atoms with van der Waals surface area (Å²) in [6.45, 7) is 1.29. The standard InChI is InChI=1S/C16H12N2O4/c1-10(19)22-9-11-5-4-8-14(17-11)18-15(20)12-6-2-3-7-13(12)16(18)21/h2-8H,9H2,1H3. The summed E-state index contributed by atoms with van der Waals surface area (Å²) in [6, 6.07) is 11.5. The number of pyridine rings is 1. The summed E-state index contributed by atoms with van der Waals surface area (Å²) in [5, 5.41) is 0. The van der Waals surface area contributed by atoms with Crippen molar-refractivity contribution < 1.29 is 19.1 Å². The third kappa shape index (κ3) is 2.35.